The van der Waals surface area contributed by atoms with Gasteiger partial charge in [-0.3, -0.25) is 14.5 Å². The van der Waals surface area contributed by atoms with Crippen LogP contribution in [0.25, 0.3) is 10.9 Å². The van der Waals surface area contributed by atoms with Crippen LogP contribution < -0.4 is 4.90 Å². The van der Waals surface area contributed by atoms with E-state index >= 15 is 0 Å². The van der Waals surface area contributed by atoms with Crippen molar-refractivity contribution in [2.45, 2.75) is 6.18 Å². The number of rotatable bonds is 3. The summed E-state index contributed by atoms with van der Waals surface area (Å²) in [7, 11) is 1.48. The second kappa shape index (κ2) is 7.71. The summed E-state index contributed by atoms with van der Waals surface area (Å²) in [6, 6.07) is 7.15. The number of hydrogen-bond donors (Lipinski definition) is 0. The molecule has 0 unspecified atom stereocenters. The molecule has 1 aromatic heterocycles. The molecule has 0 N–H and O–H groups in total. The van der Waals surface area contributed by atoms with Crippen molar-refractivity contribution in [3.05, 3.63) is 36.0 Å². The Balaban J connectivity index is 1.49. The molecule has 0 radical (unpaired) electrons. The lowest BCUT2D eigenvalue weighted by atomic mass is 10.1. The fourth-order valence-electron chi connectivity index (χ4n) is 3.82. The van der Waals surface area contributed by atoms with E-state index in [1.807, 2.05) is 0 Å². The molecule has 2 aromatic rings. The number of fused-ring (bicyclic) bond motifs is 1. The SMILES string of the molecule is CN1CC(=O)N(CC(=O)N2CCN(c3cc(C(F)(F)F)nc4ccccc34)CC2)C1=O. The second-order valence-corrected chi connectivity index (χ2v) is 7.53. The van der Waals surface area contributed by atoms with Crippen LogP contribution in [0.15, 0.2) is 30.3 Å². The molecule has 4 rings (SSSR count). The minimum atomic E-state index is -4.57. The summed E-state index contributed by atoms with van der Waals surface area (Å²) < 4.78 is 40.0. The van der Waals surface area contributed by atoms with Gasteiger partial charge in [0.2, 0.25) is 5.91 Å². The Bertz CT molecular complexity index is 1050. The first kappa shape index (κ1) is 20.9. The Morgan fingerprint density at radius 2 is 1.77 bits per heavy atom. The van der Waals surface area contributed by atoms with Crippen molar-refractivity contribution in [1.82, 2.24) is 19.7 Å². The normalized spacial score (nSPS) is 17.8. The predicted octanol–water partition coefficient (Wildman–Crippen LogP) is 1.80. The van der Waals surface area contributed by atoms with Crippen molar-refractivity contribution < 1.29 is 27.6 Å². The maximum absolute atomic E-state index is 13.3. The van der Waals surface area contributed by atoms with E-state index in [0.717, 1.165) is 11.0 Å². The van der Waals surface area contributed by atoms with E-state index < -0.39 is 23.8 Å². The Kier molecular flexibility index (Phi) is 5.19. The van der Waals surface area contributed by atoms with Gasteiger partial charge in [0.05, 0.1) is 5.52 Å². The summed E-state index contributed by atoms with van der Waals surface area (Å²) in [6.07, 6.45) is -4.57. The molecule has 0 atom stereocenters. The zero-order valence-electron chi connectivity index (χ0n) is 16.7. The lowest BCUT2D eigenvalue weighted by Crippen LogP contribution is -2.52. The summed E-state index contributed by atoms with van der Waals surface area (Å²) >= 11 is 0. The maximum atomic E-state index is 13.3. The molecule has 2 aliphatic rings. The Morgan fingerprint density at radius 3 is 2.39 bits per heavy atom. The van der Waals surface area contributed by atoms with E-state index in [9.17, 15) is 27.6 Å². The number of anilines is 1. The number of carbonyl (C=O) groups excluding carboxylic acids is 3. The number of carbonyl (C=O) groups is 3. The van der Waals surface area contributed by atoms with E-state index in [-0.39, 0.29) is 37.6 Å². The van der Waals surface area contributed by atoms with Crippen LogP contribution in [0.1, 0.15) is 5.69 Å². The number of aromatic nitrogens is 1. The lowest BCUT2D eigenvalue weighted by Gasteiger charge is -2.37. The molecule has 2 aliphatic heterocycles. The molecule has 0 saturated carbocycles. The fraction of sp³-hybridized carbons (Fsp3) is 0.400. The molecule has 11 heteroatoms. The van der Waals surface area contributed by atoms with Crippen molar-refractivity contribution in [3.63, 3.8) is 0 Å². The first-order valence-corrected chi connectivity index (χ1v) is 9.70. The number of urea groups is 1. The molecular weight excluding hydrogens is 415 g/mol. The van der Waals surface area contributed by atoms with Gasteiger partial charge in [0.15, 0.2) is 0 Å². The molecule has 0 bridgehead atoms. The fourth-order valence-corrected chi connectivity index (χ4v) is 3.82. The van der Waals surface area contributed by atoms with Crippen LogP contribution in [0.4, 0.5) is 23.7 Å². The quantitative estimate of drug-likeness (QED) is 0.688. The number of alkyl halides is 3. The molecule has 164 valence electrons. The van der Waals surface area contributed by atoms with E-state index in [0.29, 0.717) is 24.2 Å². The third-order valence-corrected chi connectivity index (χ3v) is 5.48. The number of likely N-dealkylation sites (N-methyl/N-ethyl adjacent to an activating group) is 1. The number of pyridine rings is 1. The highest BCUT2D eigenvalue weighted by Gasteiger charge is 2.37. The van der Waals surface area contributed by atoms with Gasteiger partial charge in [-0.15, -0.1) is 0 Å². The van der Waals surface area contributed by atoms with E-state index in [4.69, 9.17) is 0 Å². The van der Waals surface area contributed by atoms with Crippen molar-refractivity contribution in [1.29, 1.82) is 0 Å². The van der Waals surface area contributed by atoms with Gasteiger partial charge in [-0.2, -0.15) is 13.2 Å². The zero-order chi connectivity index (χ0) is 22.3. The lowest BCUT2D eigenvalue weighted by molar-refractivity contribution is -0.141. The minimum Gasteiger partial charge on any atom is -0.367 e. The van der Waals surface area contributed by atoms with Crippen molar-refractivity contribution in [2.24, 2.45) is 0 Å². The van der Waals surface area contributed by atoms with Crippen molar-refractivity contribution in [3.8, 4) is 0 Å². The standard InChI is InChI=1S/C20H20F3N5O3/c1-25-11-18(30)28(19(25)31)12-17(29)27-8-6-26(7-9-27)15-10-16(20(21,22)23)24-14-5-3-2-4-13(14)15/h2-5,10H,6-9,11-12H2,1H3. The number of nitrogens with zero attached hydrogens (tertiary/aromatic N) is 5. The number of piperazine rings is 1. The summed E-state index contributed by atoms with van der Waals surface area (Å²) in [4.78, 5) is 45.6. The van der Waals surface area contributed by atoms with Gasteiger partial charge in [0.1, 0.15) is 18.8 Å². The third-order valence-electron chi connectivity index (χ3n) is 5.48. The predicted molar refractivity (Wildman–Crippen MR) is 105 cm³/mol. The molecule has 3 heterocycles. The van der Waals surface area contributed by atoms with Gasteiger partial charge < -0.3 is 14.7 Å². The first-order valence-electron chi connectivity index (χ1n) is 9.70. The number of para-hydroxylation sites is 1. The summed E-state index contributed by atoms with van der Waals surface area (Å²) in [6.45, 7) is 0.776. The number of benzene rings is 1. The highest BCUT2D eigenvalue weighted by molar-refractivity contribution is 6.04. The van der Waals surface area contributed by atoms with Gasteiger partial charge >= 0.3 is 12.2 Å². The van der Waals surface area contributed by atoms with Crippen LogP contribution in [0.2, 0.25) is 0 Å². The molecule has 2 fully saturated rings. The smallest absolute Gasteiger partial charge is 0.367 e. The van der Waals surface area contributed by atoms with E-state index in [1.54, 1.807) is 23.1 Å². The monoisotopic (exact) mass is 435 g/mol. The summed E-state index contributed by atoms with van der Waals surface area (Å²) in [5, 5.41) is 0.603. The summed E-state index contributed by atoms with van der Waals surface area (Å²) in [5.74, 6) is -0.797. The van der Waals surface area contributed by atoms with Gasteiger partial charge in [0.25, 0.3) is 5.91 Å². The third kappa shape index (κ3) is 3.99. The maximum Gasteiger partial charge on any atom is 0.433 e. The highest BCUT2D eigenvalue weighted by atomic mass is 19.4. The number of amides is 4. The van der Waals surface area contributed by atoms with Gasteiger partial charge in [-0.05, 0) is 12.1 Å². The van der Waals surface area contributed by atoms with Crippen molar-refractivity contribution >= 4 is 34.4 Å². The van der Waals surface area contributed by atoms with E-state index in [2.05, 4.69) is 4.98 Å². The topological polar surface area (TPSA) is 77.1 Å². The number of hydrogen-bond acceptors (Lipinski definition) is 5. The minimum absolute atomic E-state index is 0.0590. The van der Waals surface area contributed by atoms with Crippen LogP contribution >= 0.6 is 0 Å². The van der Waals surface area contributed by atoms with Crippen LogP contribution in [0, 0.1) is 0 Å². The Morgan fingerprint density at radius 1 is 1.10 bits per heavy atom. The van der Waals surface area contributed by atoms with Gasteiger partial charge in [0, 0.05) is 44.3 Å². The van der Waals surface area contributed by atoms with Crippen LogP contribution in [-0.2, 0) is 15.8 Å². The largest absolute Gasteiger partial charge is 0.433 e. The van der Waals surface area contributed by atoms with Crippen LogP contribution in [0.3, 0.4) is 0 Å². The summed E-state index contributed by atoms with van der Waals surface area (Å²) in [5.41, 5.74) is -0.299. The molecular formula is C20H20F3N5O3. The Labute approximate surface area is 175 Å². The molecule has 0 spiro atoms. The van der Waals surface area contributed by atoms with Crippen molar-refractivity contribution in [2.75, 3.05) is 51.2 Å². The molecule has 2 saturated heterocycles. The molecule has 31 heavy (non-hydrogen) atoms. The molecule has 0 aliphatic carbocycles. The number of halogens is 3. The average molecular weight is 435 g/mol. The van der Waals surface area contributed by atoms with Gasteiger partial charge in [-0.25, -0.2) is 9.78 Å². The average Bonchev–Trinajstić information content (AvgIpc) is 2.98. The Hall–Kier alpha value is -3.37. The molecule has 8 nitrogen and oxygen atoms in total. The second-order valence-electron chi connectivity index (χ2n) is 7.53. The molecule has 1 aromatic carbocycles. The molecule has 4 amide bonds. The van der Waals surface area contributed by atoms with Crippen LogP contribution in [0.5, 0.6) is 0 Å². The van der Waals surface area contributed by atoms with E-state index in [1.165, 1.54) is 22.9 Å². The van der Waals surface area contributed by atoms with Gasteiger partial charge in [-0.1, -0.05) is 18.2 Å². The highest BCUT2D eigenvalue weighted by Crippen LogP contribution is 2.35. The zero-order valence-corrected chi connectivity index (χ0v) is 16.7. The first-order chi connectivity index (χ1) is 14.6. The number of imide groups is 1. The van der Waals surface area contributed by atoms with Crippen LogP contribution in [-0.4, -0.2) is 83.8 Å².